The second kappa shape index (κ2) is 12.8. The lowest BCUT2D eigenvalue weighted by molar-refractivity contribution is -0.116. The van der Waals surface area contributed by atoms with E-state index in [1.807, 2.05) is 14.0 Å². The van der Waals surface area contributed by atoms with E-state index in [9.17, 15) is 21.6 Å². The molecule has 39 heavy (non-hydrogen) atoms. The van der Waals surface area contributed by atoms with Crippen molar-refractivity contribution in [1.29, 1.82) is 0 Å². The van der Waals surface area contributed by atoms with Gasteiger partial charge < -0.3 is 15.0 Å². The van der Waals surface area contributed by atoms with E-state index in [2.05, 4.69) is 10.2 Å². The summed E-state index contributed by atoms with van der Waals surface area (Å²) in [5.74, 6) is 0.0984. The zero-order valence-corrected chi connectivity index (χ0v) is 24.2. The number of sulfonamides is 2. The van der Waals surface area contributed by atoms with Gasteiger partial charge in [0.2, 0.25) is 26.0 Å². The second-order valence-corrected chi connectivity index (χ2v) is 13.9. The quantitative estimate of drug-likeness (QED) is 0.461. The normalized spacial score (nSPS) is 18.2. The zero-order valence-electron chi connectivity index (χ0n) is 22.6. The molecule has 0 radical (unpaired) electrons. The number of anilines is 1. The molecule has 2 fully saturated rings. The third kappa shape index (κ3) is 7.17. The fraction of sp³-hybridized carbons (Fsp3) is 0.519. The van der Waals surface area contributed by atoms with Crippen molar-refractivity contribution < 1.29 is 26.4 Å². The number of ether oxygens (including phenoxy) is 1. The molecule has 1 aliphatic carbocycles. The minimum absolute atomic E-state index is 0.114. The van der Waals surface area contributed by atoms with Crippen LogP contribution in [0.4, 0.5) is 5.69 Å². The number of nitrogens with zero attached hydrogens (tertiary/aromatic N) is 3. The summed E-state index contributed by atoms with van der Waals surface area (Å²) in [6.45, 7) is 4.20. The van der Waals surface area contributed by atoms with Gasteiger partial charge in [0.1, 0.15) is 5.75 Å². The fourth-order valence-corrected chi connectivity index (χ4v) is 8.08. The van der Waals surface area contributed by atoms with Crippen molar-refractivity contribution in [2.24, 2.45) is 0 Å². The Morgan fingerprint density at radius 1 is 0.897 bits per heavy atom. The van der Waals surface area contributed by atoms with Crippen LogP contribution in [0.25, 0.3) is 0 Å². The molecule has 10 nitrogen and oxygen atoms in total. The van der Waals surface area contributed by atoms with E-state index in [1.54, 1.807) is 12.1 Å². The molecule has 0 atom stereocenters. The highest BCUT2D eigenvalue weighted by Gasteiger charge is 2.34. The summed E-state index contributed by atoms with van der Waals surface area (Å²) in [5.41, 5.74) is 0.402. The van der Waals surface area contributed by atoms with Crippen molar-refractivity contribution in [1.82, 2.24) is 13.5 Å². The largest absolute Gasteiger partial charge is 0.494 e. The number of likely N-dealkylation sites (N-methyl/N-ethyl adjacent to an activating group) is 1. The maximum Gasteiger partial charge on any atom is 0.243 e. The molecule has 1 saturated heterocycles. The predicted octanol–water partition coefficient (Wildman–Crippen LogP) is 2.98. The molecule has 12 heteroatoms. The molecule has 0 aromatic heterocycles. The molecule has 1 heterocycles. The molecule has 0 bridgehead atoms. The van der Waals surface area contributed by atoms with E-state index in [0.29, 0.717) is 57.1 Å². The van der Waals surface area contributed by atoms with Crippen LogP contribution in [0, 0.1) is 0 Å². The van der Waals surface area contributed by atoms with Gasteiger partial charge in [-0.05, 0) is 75.3 Å². The van der Waals surface area contributed by atoms with E-state index in [1.165, 1.54) is 45.0 Å². The predicted molar refractivity (Wildman–Crippen MR) is 150 cm³/mol. The SMILES string of the molecule is CCOc1ccc(S(=O)(=O)N(CC(=O)Nc2ccc(S(=O)(=O)N3CCN(C)CC3)cc2)C2CCCCC2)cc1. The molecule has 0 spiro atoms. The van der Waals surface area contributed by atoms with Gasteiger partial charge in [0.25, 0.3) is 0 Å². The first kappa shape index (κ1) is 29.5. The summed E-state index contributed by atoms with van der Waals surface area (Å²) in [6.07, 6.45) is 4.25. The number of carbonyl (C=O) groups is 1. The highest BCUT2D eigenvalue weighted by Crippen LogP contribution is 2.29. The number of piperazine rings is 1. The van der Waals surface area contributed by atoms with Gasteiger partial charge in [0.05, 0.1) is 22.9 Å². The first-order chi connectivity index (χ1) is 18.6. The number of hydrogen-bond donors (Lipinski definition) is 1. The highest BCUT2D eigenvalue weighted by molar-refractivity contribution is 7.89. The Labute approximate surface area is 232 Å². The van der Waals surface area contributed by atoms with Crippen LogP contribution in [0.1, 0.15) is 39.0 Å². The van der Waals surface area contributed by atoms with E-state index in [-0.39, 0.29) is 22.4 Å². The van der Waals surface area contributed by atoms with Crippen molar-refractivity contribution >= 4 is 31.6 Å². The Bertz CT molecular complexity index is 1320. The monoisotopic (exact) mass is 578 g/mol. The summed E-state index contributed by atoms with van der Waals surface area (Å²) >= 11 is 0. The molecule has 1 amide bonds. The Morgan fingerprint density at radius 3 is 2.08 bits per heavy atom. The standard InChI is InChI=1S/C27H38N4O6S2/c1-3-37-24-11-15-26(16-12-24)39(35,36)31(23-7-5-4-6-8-23)21-27(32)28-22-9-13-25(14-10-22)38(33,34)30-19-17-29(2)18-20-30/h9-16,23H,3-8,17-21H2,1-2H3,(H,28,32). The van der Waals surface area contributed by atoms with Crippen LogP contribution < -0.4 is 10.1 Å². The van der Waals surface area contributed by atoms with Crippen LogP contribution in [0.3, 0.4) is 0 Å². The van der Waals surface area contributed by atoms with Crippen LogP contribution in [-0.2, 0) is 24.8 Å². The van der Waals surface area contributed by atoms with E-state index < -0.39 is 26.0 Å². The van der Waals surface area contributed by atoms with Crippen molar-refractivity contribution in [3.8, 4) is 5.75 Å². The lowest BCUT2D eigenvalue weighted by Gasteiger charge is -2.33. The van der Waals surface area contributed by atoms with E-state index >= 15 is 0 Å². The molecule has 2 aliphatic rings. The van der Waals surface area contributed by atoms with Gasteiger partial charge in [-0.15, -0.1) is 0 Å². The molecule has 214 valence electrons. The molecule has 1 saturated carbocycles. The maximum atomic E-state index is 13.6. The van der Waals surface area contributed by atoms with Crippen LogP contribution >= 0.6 is 0 Å². The summed E-state index contributed by atoms with van der Waals surface area (Å²) in [5, 5.41) is 2.74. The van der Waals surface area contributed by atoms with Crippen LogP contribution in [0.2, 0.25) is 0 Å². The van der Waals surface area contributed by atoms with Crippen molar-refractivity contribution in [3.05, 3.63) is 48.5 Å². The van der Waals surface area contributed by atoms with Crippen LogP contribution in [0.5, 0.6) is 5.75 Å². The summed E-state index contributed by atoms with van der Waals surface area (Å²) in [4.78, 5) is 15.4. The number of benzene rings is 2. The average Bonchev–Trinajstić information content (AvgIpc) is 2.93. The minimum atomic E-state index is -3.93. The van der Waals surface area contributed by atoms with Crippen LogP contribution in [0.15, 0.2) is 58.3 Å². The maximum absolute atomic E-state index is 13.6. The third-order valence-electron chi connectivity index (χ3n) is 7.26. The molecule has 2 aromatic rings. The average molecular weight is 579 g/mol. The Balaban J connectivity index is 1.47. The number of hydrogen-bond acceptors (Lipinski definition) is 7. The first-order valence-electron chi connectivity index (χ1n) is 13.4. The Kier molecular flexibility index (Phi) is 9.65. The zero-order chi connectivity index (χ0) is 28.0. The Morgan fingerprint density at radius 2 is 1.49 bits per heavy atom. The van der Waals surface area contributed by atoms with Gasteiger partial charge in [0, 0.05) is 37.9 Å². The molecule has 1 N–H and O–H groups in total. The molecular weight excluding hydrogens is 540 g/mol. The van der Waals surface area contributed by atoms with E-state index in [0.717, 1.165) is 19.3 Å². The summed E-state index contributed by atoms with van der Waals surface area (Å²) < 4.78 is 61.5. The lowest BCUT2D eigenvalue weighted by Crippen LogP contribution is -2.47. The molecule has 4 rings (SSSR count). The molecular formula is C27H38N4O6S2. The first-order valence-corrected chi connectivity index (χ1v) is 16.3. The topological polar surface area (TPSA) is 116 Å². The highest BCUT2D eigenvalue weighted by atomic mass is 32.2. The lowest BCUT2D eigenvalue weighted by atomic mass is 9.95. The number of amides is 1. The molecule has 1 aliphatic heterocycles. The molecule has 0 unspecified atom stereocenters. The van der Waals surface area contributed by atoms with Gasteiger partial charge in [-0.25, -0.2) is 16.8 Å². The summed E-state index contributed by atoms with van der Waals surface area (Å²) in [6, 6.07) is 12.0. The smallest absolute Gasteiger partial charge is 0.243 e. The third-order valence-corrected chi connectivity index (χ3v) is 11.1. The van der Waals surface area contributed by atoms with Gasteiger partial charge in [0.15, 0.2) is 0 Å². The molecule has 2 aromatic carbocycles. The van der Waals surface area contributed by atoms with Crippen LogP contribution in [-0.4, -0.2) is 88.7 Å². The van der Waals surface area contributed by atoms with Gasteiger partial charge in [-0.3, -0.25) is 4.79 Å². The fourth-order valence-electron chi connectivity index (χ4n) is 5.02. The number of carbonyl (C=O) groups excluding carboxylic acids is 1. The van der Waals surface area contributed by atoms with Crippen molar-refractivity contribution in [3.63, 3.8) is 0 Å². The number of rotatable bonds is 10. The van der Waals surface area contributed by atoms with Gasteiger partial charge >= 0.3 is 0 Å². The van der Waals surface area contributed by atoms with Crippen molar-refractivity contribution in [2.75, 3.05) is 51.7 Å². The number of nitrogens with one attached hydrogen (secondary N) is 1. The summed E-state index contributed by atoms with van der Waals surface area (Å²) in [7, 11) is -5.60. The second-order valence-electron chi connectivity index (χ2n) is 10.0. The minimum Gasteiger partial charge on any atom is -0.494 e. The van der Waals surface area contributed by atoms with Gasteiger partial charge in [-0.1, -0.05) is 19.3 Å². The van der Waals surface area contributed by atoms with Crippen molar-refractivity contribution in [2.45, 2.75) is 54.9 Å². The van der Waals surface area contributed by atoms with Gasteiger partial charge in [-0.2, -0.15) is 8.61 Å². The van der Waals surface area contributed by atoms with E-state index in [4.69, 9.17) is 4.74 Å². The Hall–Kier alpha value is -2.51.